The molecule has 1 aliphatic heterocycles. The van der Waals surface area contributed by atoms with Crippen LogP contribution in [0.5, 0.6) is 0 Å². The van der Waals surface area contributed by atoms with Gasteiger partial charge in [0.2, 0.25) is 0 Å². The van der Waals surface area contributed by atoms with E-state index in [1.54, 1.807) is 0 Å². The standard InChI is InChI=1S/C23H14ClF7N4O/c24-18-7-6-15(9-17(18)23(29,30)31)33-21(36)35-11-16(19-8-3-13(10-32-19)22(26,27)28)20(34-35)12-1-4-14(25)5-2-12/h1-10,16H,11H2,(H,33,36). The second kappa shape index (κ2) is 9.41. The highest BCUT2D eigenvalue weighted by molar-refractivity contribution is 6.31. The van der Waals surface area contributed by atoms with Crippen LogP contribution >= 0.6 is 11.6 Å². The summed E-state index contributed by atoms with van der Waals surface area (Å²) >= 11 is 5.60. The highest BCUT2D eigenvalue weighted by Gasteiger charge is 2.36. The Kier molecular flexibility index (Phi) is 6.65. The number of urea groups is 1. The molecule has 0 radical (unpaired) electrons. The van der Waals surface area contributed by atoms with Gasteiger partial charge in [0, 0.05) is 11.9 Å². The van der Waals surface area contributed by atoms with Crippen LogP contribution in [0.3, 0.4) is 0 Å². The minimum Gasteiger partial charge on any atom is -0.306 e. The van der Waals surface area contributed by atoms with E-state index in [0.717, 1.165) is 35.3 Å². The van der Waals surface area contributed by atoms with E-state index in [1.165, 1.54) is 18.2 Å². The summed E-state index contributed by atoms with van der Waals surface area (Å²) in [7, 11) is 0. The number of hydrogen-bond acceptors (Lipinski definition) is 3. The van der Waals surface area contributed by atoms with Crippen LogP contribution in [0, 0.1) is 5.82 Å². The highest BCUT2D eigenvalue weighted by Crippen LogP contribution is 2.37. The average molecular weight is 531 g/mol. The van der Waals surface area contributed by atoms with Crippen molar-refractivity contribution < 1.29 is 35.5 Å². The van der Waals surface area contributed by atoms with Gasteiger partial charge < -0.3 is 5.32 Å². The number of anilines is 1. The zero-order chi connectivity index (χ0) is 26.3. The van der Waals surface area contributed by atoms with E-state index in [-0.39, 0.29) is 23.6 Å². The summed E-state index contributed by atoms with van der Waals surface area (Å²) in [5, 5.41) is 6.86. The van der Waals surface area contributed by atoms with Crippen molar-refractivity contribution in [2.24, 2.45) is 5.10 Å². The summed E-state index contributed by atoms with van der Waals surface area (Å²) in [5.74, 6) is -1.33. The number of amides is 2. The van der Waals surface area contributed by atoms with Gasteiger partial charge in [-0.1, -0.05) is 23.7 Å². The lowest BCUT2D eigenvalue weighted by atomic mass is 9.94. The van der Waals surface area contributed by atoms with Gasteiger partial charge in [0.1, 0.15) is 5.82 Å². The molecule has 5 nitrogen and oxygen atoms in total. The van der Waals surface area contributed by atoms with E-state index in [2.05, 4.69) is 15.4 Å². The van der Waals surface area contributed by atoms with Gasteiger partial charge in [-0.3, -0.25) is 4.98 Å². The van der Waals surface area contributed by atoms with Gasteiger partial charge in [0.25, 0.3) is 0 Å². The summed E-state index contributed by atoms with van der Waals surface area (Å²) in [5.41, 5.74) is -1.57. The Hall–Kier alpha value is -3.67. The third-order valence-corrected chi connectivity index (χ3v) is 5.61. The first-order valence-corrected chi connectivity index (χ1v) is 10.5. The Bertz CT molecular complexity index is 1310. The van der Waals surface area contributed by atoms with Gasteiger partial charge in [-0.2, -0.15) is 31.4 Å². The largest absolute Gasteiger partial charge is 0.417 e. The zero-order valence-corrected chi connectivity index (χ0v) is 18.6. The number of hydrazone groups is 1. The maximum Gasteiger partial charge on any atom is 0.417 e. The lowest BCUT2D eigenvalue weighted by Crippen LogP contribution is -2.30. The monoisotopic (exact) mass is 530 g/mol. The van der Waals surface area contributed by atoms with E-state index in [0.29, 0.717) is 17.8 Å². The smallest absolute Gasteiger partial charge is 0.306 e. The molecular formula is C23H14ClF7N4O. The molecular weight excluding hydrogens is 517 g/mol. The fraction of sp³-hybridized carbons (Fsp3) is 0.174. The van der Waals surface area contributed by atoms with Crippen LogP contribution in [-0.4, -0.2) is 28.3 Å². The fourth-order valence-electron chi connectivity index (χ4n) is 3.53. The molecule has 1 aliphatic rings. The second-order valence-electron chi connectivity index (χ2n) is 7.72. The van der Waals surface area contributed by atoms with Crippen LogP contribution in [0.25, 0.3) is 0 Å². The molecule has 1 aromatic heterocycles. The van der Waals surface area contributed by atoms with E-state index in [4.69, 9.17) is 11.6 Å². The maximum atomic E-state index is 13.4. The second-order valence-corrected chi connectivity index (χ2v) is 8.13. The molecule has 0 bridgehead atoms. The number of aromatic nitrogens is 1. The van der Waals surface area contributed by atoms with E-state index in [9.17, 15) is 35.5 Å². The Morgan fingerprint density at radius 3 is 2.25 bits per heavy atom. The van der Waals surface area contributed by atoms with Gasteiger partial charge in [-0.05, 0) is 48.0 Å². The molecule has 2 amide bonds. The van der Waals surface area contributed by atoms with Crippen molar-refractivity contribution >= 4 is 29.0 Å². The molecule has 13 heteroatoms. The third kappa shape index (κ3) is 5.43. The minimum absolute atomic E-state index is 0.159. The van der Waals surface area contributed by atoms with Crippen molar-refractivity contribution in [1.29, 1.82) is 0 Å². The molecule has 0 fully saturated rings. The molecule has 4 rings (SSSR count). The first kappa shape index (κ1) is 25.4. The van der Waals surface area contributed by atoms with Gasteiger partial charge in [0.15, 0.2) is 0 Å². The molecule has 0 spiro atoms. The van der Waals surface area contributed by atoms with Crippen molar-refractivity contribution in [2.45, 2.75) is 18.3 Å². The van der Waals surface area contributed by atoms with Crippen molar-refractivity contribution in [2.75, 3.05) is 11.9 Å². The van der Waals surface area contributed by atoms with Crippen LogP contribution in [0.4, 0.5) is 41.2 Å². The molecule has 3 aromatic rings. The van der Waals surface area contributed by atoms with Crippen molar-refractivity contribution in [3.05, 3.63) is 94.0 Å². The molecule has 1 N–H and O–H groups in total. The molecule has 2 heterocycles. The lowest BCUT2D eigenvalue weighted by molar-refractivity contribution is -0.138. The lowest BCUT2D eigenvalue weighted by Gasteiger charge is -2.17. The summed E-state index contributed by atoms with van der Waals surface area (Å²) in [4.78, 5) is 16.7. The number of carbonyl (C=O) groups is 1. The third-order valence-electron chi connectivity index (χ3n) is 5.28. The van der Waals surface area contributed by atoms with Crippen LogP contribution in [0.2, 0.25) is 5.02 Å². The highest BCUT2D eigenvalue weighted by atomic mass is 35.5. The molecule has 0 aliphatic carbocycles. The molecule has 0 saturated heterocycles. The van der Waals surface area contributed by atoms with Crippen LogP contribution in [0.1, 0.15) is 28.3 Å². The van der Waals surface area contributed by atoms with E-state index >= 15 is 0 Å². The van der Waals surface area contributed by atoms with Gasteiger partial charge in [-0.25, -0.2) is 14.2 Å². The van der Waals surface area contributed by atoms with Crippen LogP contribution < -0.4 is 5.32 Å². The summed E-state index contributed by atoms with van der Waals surface area (Å²) < 4.78 is 91.7. The first-order valence-electron chi connectivity index (χ1n) is 10.2. The number of benzene rings is 2. The summed E-state index contributed by atoms with van der Waals surface area (Å²) in [6, 6.07) is 8.92. The molecule has 1 atom stereocenters. The number of pyridine rings is 1. The maximum absolute atomic E-state index is 13.4. The quantitative estimate of drug-likeness (QED) is 0.373. The summed E-state index contributed by atoms with van der Waals surface area (Å²) in [6.45, 7) is -0.184. The van der Waals surface area contributed by atoms with E-state index < -0.39 is 46.3 Å². The number of hydrogen-bond donors (Lipinski definition) is 1. The number of carbonyl (C=O) groups excluding carboxylic acids is 1. The van der Waals surface area contributed by atoms with Gasteiger partial charge in [0.05, 0.1) is 40.0 Å². The number of alkyl halides is 6. The first-order chi connectivity index (χ1) is 16.8. The molecule has 2 aromatic carbocycles. The molecule has 0 saturated carbocycles. The normalized spacial score (nSPS) is 16.2. The Morgan fingerprint density at radius 2 is 1.67 bits per heavy atom. The van der Waals surface area contributed by atoms with Gasteiger partial charge in [-0.15, -0.1) is 0 Å². The molecule has 36 heavy (non-hydrogen) atoms. The average Bonchev–Trinajstić information content (AvgIpc) is 3.25. The number of rotatable bonds is 3. The van der Waals surface area contributed by atoms with Gasteiger partial charge >= 0.3 is 18.4 Å². The van der Waals surface area contributed by atoms with Crippen molar-refractivity contribution in [3.8, 4) is 0 Å². The van der Waals surface area contributed by atoms with Crippen molar-refractivity contribution in [3.63, 3.8) is 0 Å². The summed E-state index contributed by atoms with van der Waals surface area (Å²) in [6.07, 6.45) is -8.71. The predicted molar refractivity (Wildman–Crippen MR) is 117 cm³/mol. The number of nitrogens with one attached hydrogen (secondary N) is 1. The van der Waals surface area contributed by atoms with Crippen LogP contribution in [-0.2, 0) is 12.4 Å². The Morgan fingerprint density at radius 1 is 0.972 bits per heavy atom. The minimum atomic E-state index is -4.75. The number of nitrogens with zero attached hydrogens (tertiary/aromatic N) is 3. The van der Waals surface area contributed by atoms with E-state index in [1.807, 2.05) is 0 Å². The SMILES string of the molecule is O=C(Nc1ccc(Cl)c(C(F)(F)F)c1)N1CC(c2ccc(C(F)(F)F)cn2)C(c2ccc(F)cc2)=N1. The number of halogens is 8. The molecule has 1 unspecified atom stereocenters. The fourth-order valence-corrected chi connectivity index (χ4v) is 3.75. The Labute approximate surface area is 204 Å². The molecule has 188 valence electrons. The van der Waals surface area contributed by atoms with Crippen LogP contribution in [0.15, 0.2) is 65.9 Å². The zero-order valence-electron chi connectivity index (χ0n) is 17.8. The van der Waals surface area contributed by atoms with Crippen molar-refractivity contribution in [1.82, 2.24) is 9.99 Å². The predicted octanol–water partition coefficient (Wildman–Crippen LogP) is 6.95. The Balaban J connectivity index is 1.63. The topological polar surface area (TPSA) is 57.6 Å².